The molecule has 130 valence electrons. The molecule has 1 atom stereocenters. The second kappa shape index (κ2) is 8.10. The number of carbonyl (C=O) groups is 3. The number of carbonyl (C=O) groups excluding carboxylic acids is 3. The van der Waals surface area contributed by atoms with Gasteiger partial charge in [-0.05, 0) is 50.2 Å². The Kier molecular flexibility index (Phi) is 5.89. The summed E-state index contributed by atoms with van der Waals surface area (Å²) in [5.41, 5.74) is 2.53. The van der Waals surface area contributed by atoms with Crippen molar-refractivity contribution in [2.45, 2.75) is 19.9 Å². The van der Waals surface area contributed by atoms with Gasteiger partial charge in [-0.1, -0.05) is 17.7 Å². The summed E-state index contributed by atoms with van der Waals surface area (Å²) in [7, 11) is 1.55. The van der Waals surface area contributed by atoms with Crippen molar-refractivity contribution in [1.29, 1.82) is 0 Å². The summed E-state index contributed by atoms with van der Waals surface area (Å²) in [5.74, 6) is -0.841. The van der Waals surface area contributed by atoms with Crippen LogP contribution in [0, 0.1) is 6.92 Å². The van der Waals surface area contributed by atoms with Crippen molar-refractivity contribution in [3.63, 3.8) is 0 Å². The molecule has 2 aromatic rings. The predicted molar refractivity (Wildman–Crippen MR) is 96.6 cm³/mol. The Labute approximate surface area is 146 Å². The van der Waals surface area contributed by atoms with Crippen molar-refractivity contribution in [2.24, 2.45) is 0 Å². The predicted octanol–water partition coefficient (Wildman–Crippen LogP) is 2.11. The van der Waals surface area contributed by atoms with Gasteiger partial charge in [0.1, 0.15) is 6.04 Å². The van der Waals surface area contributed by atoms with Gasteiger partial charge >= 0.3 is 0 Å². The van der Waals surface area contributed by atoms with Crippen LogP contribution in [0.5, 0.6) is 0 Å². The average Bonchev–Trinajstić information content (AvgIpc) is 2.61. The summed E-state index contributed by atoms with van der Waals surface area (Å²) in [6.45, 7) is 3.51. The topological polar surface area (TPSA) is 87.3 Å². The lowest BCUT2D eigenvalue weighted by Gasteiger charge is -2.14. The van der Waals surface area contributed by atoms with E-state index < -0.39 is 6.04 Å². The second-order valence-corrected chi connectivity index (χ2v) is 5.71. The first-order chi connectivity index (χ1) is 11.9. The Morgan fingerprint density at radius 1 is 0.920 bits per heavy atom. The molecule has 0 saturated heterocycles. The number of amides is 3. The van der Waals surface area contributed by atoms with Crippen LogP contribution in [0.15, 0.2) is 48.5 Å². The molecular weight excluding hydrogens is 318 g/mol. The summed E-state index contributed by atoms with van der Waals surface area (Å²) in [6.07, 6.45) is 0. The third kappa shape index (κ3) is 4.91. The smallest absolute Gasteiger partial charge is 0.251 e. The van der Waals surface area contributed by atoms with Crippen molar-refractivity contribution >= 4 is 23.4 Å². The first-order valence-electron chi connectivity index (χ1n) is 7.91. The summed E-state index contributed by atoms with van der Waals surface area (Å²) in [6, 6.07) is 13.0. The second-order valence-electron chi connectivity index (χ2n) is 5.71. The molecular formula is C19H21N3O3. The zero-order valence-corrected chi connectivity index (χ0v) is 14.4. The van der Waals surface area contributed by atoms with Gasteiger partial charge in [0.15, 0.2) is 0 Å². The van der Waals surface area contributed by atoms with E-state index in [0.717, 1.165) is 5.56 Å². The summed E-state index contributed by atoms with van der Waals surface area (Å²) >= 11 is 0. The fourth-order valence-electron chi connectivity index (χ4n) is 2.23. The summed E-state index contributed by atoms with van der Waals surface area (Å²) in [5, 5.41) is 7.90. The number of nitrogens with one attached hydrogen (secondary N) is 3. The minimum Gasteiger partial charge on any atom is -0.355 e. The van der Waals surface area contributed by atoms with Gasteiger partial charge in [-0.2, -0.15) is 0 Å². The van der Waals surface area contributed by atoms with Gasteiger partial charge in [0.05, 0.1) is 0 Å². The monoisotopic (exact) mass is 339 g/mol. The Morgan fingerprint density at radius 3 is 2.20 bits per heavy atom. The Balaban J connectivity index is 1.96. The third-order valence-corrected chi connectivity index (χ3v) is 3.66. The van der Waals surface area contributed by atoms with E-state index in [4.69, 9.17) is 0 Å². The number of rotatable bonds is 5. The molecule has 0 bridgehead atoms. The Bertz CT molecular complexity index is 785. The van der Waals surface area contributed by atoms with Gasteiger partial charge in [-0.3, -0.25) is 14.4 Å². The molecule has 3 amide bonds. The SMILES string of the molecule is CNC(=O)c1ccc(NC(=O)C(C)NC(=O)c2cccc(C)c2)cc1. The molecule has 0 spiro atoms. The van der Waals surface area contributed by atoms with Gasteiger partial charge < -0.3 is 16.0 Å². The first-order valence-corrected chi connectivity index (χ1v) is 7.91. The highest BCUT2D eigenvalue weighted by Crippen LogP contribution is 2.10. The van der Waals surface area contributed by atoms with Crippen molar-refractivity contribution in [3.05, 3.63) is 65.2 Å². The van der Waals surface area contributed by atoms with Crippen LogP contribution in [0.2, 0.25) is 0 Å². The van der Waals surface area contributed by atoms with Crippen LogP contribution >= 0.6 is 0 Å². The third-order valence-electron chi connectivity index (χ3n) is 3.66. The number of aryl methyl sites for hydroxylation is 1. The lowest BCUT2D eigenvalue weighted by Crippen LogP contribution is -2.41. The molecule has 0 radical (unpaired) electrons. The van der Waals surface area contributed by atoms with Crippen molar-refractivity contribution < 1.29 is 14.4 Å². The highest BCUT2D eigenvalue weighted by Gasteiger charge is 2.17. The van der Waals surface area contributed by atoms with Crippen LogP contribution in [0.1, 0.15) is 33.2 Å². The van der Waals surface area contributed by atoms with Crippen LogP contribution in [-0.2, 0) is 4.79 Å². The number of hydrogen-bond donors (Lipinski definition) is 3. The van der Waals surface area contributed by atoms with Crippen molar-refractivity contribution in [3.8, 4) is 0 Å². The van der Waals surface area contributed by atoms with E-state index in [2.05, 4.69) is 16.0 Å². The van der Waals surface area contributed by atoms with Gasteiger partial charge in [0.25, 0.3) is 11.8 Å². The van der Waals surface area contributed by atoms with Crippen molar-refractivity contribution in [1.82, 2.24) is 10.6 Å². The molecule has 2 rings (SSSR count). The molecule has 0 saturated carbocycles. The summed E-state index contributed by atoms with van der Waals surface area (Å²) < 4.78 is 0. The van der Waals surface area contributed by atoms with E-state index in [1.54, 1.807) is 56.4 Å². The van der Waals surface area contributed by atoms with Crippen molar-refractivity contribution in [2.75, 3.05) is 12.4 Å². The highest BCUT2D eigenvalue weighted by atomic mass is 16.2. The zero-order chi connectivity index (χ0) is 18.4. The number of anilines is 1. The fourth-order valence-corrected chi connectivity index (χ4v) is 2.23. The van der Waals surface area contributed by atoms with E-state index in [-0.39, 0.29) is 17.7 Å². The van der Waals surface area contributed by atoms with E-state index in [1.807, 2.05) is 13.0 Å². The molecule has 25 heavy (non-hydrogen) atoms. The minimum absolute atomic E-state index is 0.198. The number of benzene rings is 2. The molecule has 0 aliphatic heterocycles. The Hall–Kier alpha value is -3.15. The lowest BCUT2D eigenvalue weighted by atomic mass is 10.1. The maximum Gasteiger partial charge on any atom is 0.251 e. The lowest BCUT2D eigenvalue weighted by molar-refractivity contribution is -0.117. The van der Waals surface area contributed by atoms with Gasteiger partial charge in [-0.25, -0.2) is 0 Å². The van der Waals surface area contributed by atoms with E-state index in [0.29, 0.717) is 16.8 Å². The van der Waals surface area contributed by atoms with Crippen LogP contribution in [-0.4, -0.2) is 30.8 Å². The van der Waals surface area contributed by atoms with Gasteiger partial charge in [0, 0.05) is 23.9 Å². The van der Waals surface area contributed by atoms with Gasteiger partial charge in [0.2, 0.25) is 5.91 Å². The highest BCUT2D eigenvalue weighted by molar-refractivity contribution is 6.01. The van der Waals surface area contributed by atoms with Gasteiger partial charge in [-0.15, -0.1) is 0 Å². The van der Waals surface area contributed by atoms with E-state index in [1.165, 1.54) is 0 Å². The van der Waals surface area contributed by atoms with Crippen LogP contribution in [0.4, 0.5) is 5.69 Å². The first kappa shape index (κ1) is 18.2. The van der Waals surface area contributed by atoms with E-state index >= 15 is 0 Å². The normalized spacial score (nSPS) is 11.3. The maximum atomic E-state index is 12.2. The summed E-state index contributed by atoms with van der Waals surface area (Å²) in [4.78, 5) is 35.9. The van der Waals surface area contributed by atoms with E-state index in [9.17, 15) is 14.4 Å². The molecule has 6 heteroatoms. The minimum atomic E-state index is -0.702. The molecule has 0 aliphatic rings. The molecule has 6 nitrogen and oxygen atoms in total. The van der Waals surface area contributed by atoms with Crippen LogP contribution in [0.25, 0.3) is 0 Å². The molecule has 1 unspecified atom stereocenters. The average molecular weight is 339 g/mol. The maximum absolute atomic E-state index is 12.2. The molecule has 0 heterocycles. The van der Waals surface area contributed by atoms with Crippen LogP contribution in [0.3, 0.4) is 0 Å². The quantitative estimate of drug-likeness (QED) is 0.780. The fraction of sp³-hybridized carbons (Fsp3) is 0.211. The molecule has 0 aliphatic carbocycles. The molecule has 0 fully saturated rings. The number of hydrogen-bond acceptors (Lipinski definition) is 3. The molecule has 0 aromatic heterocycles. The Morgan fingerprint density at radius 2 is 1.60 bits per heavy atom. The molecule has 3 N–H and O–H groups in total. The molecule has 2 aromatic carbocycles. The standard InChI is InChI=1S/C19H21N3O3/c1-12-5-4-6-15(11-12)19(25)21-13(2)17(23)22-16-9-7-14(8-10-16)18(24)20-3/h4-11,13H,1-3H3,(H,20,24)(H,21,25)(H,22,23). The van der Waals surface area contributed by atoms with Crippen LogP contribution < -0.4 is 16.0 Å². The zero-order valence-electron chi connectivity index (χ0n) is 14.4. The largest absolute Gasteiger partial charge is 0.355 e.